The first-order valence-electron chi connectivity index (χ1n) is 12.9. The van der Waals surface area contributed by atoms with E-state index in [-0.39, 0.29) is 11.5 Å². The molecule has 36 heavy (non-hydrogen) atoms. The number of ether oxygens (including phenoxy) is 1. The number of nitrogens with one attached hydrogen (secondary N) is 2. The van der Waals surface area contributed by atoms with Crippen molar-refractivity contribution in [1.29, 1.82) is 0 Å². The summed E-state index contributed by atoms with van der Waals surface area (Å²) in [5, 5.41) is 5.62. The van der Waals surface area contributed by atoms with Crippen molar-refractivity contribution < 1.29 is 19.1 Å². The molecule has 0 bridgehead atoms. The Hall–Kier alpha value is -2.67. The third-order valence-corrected chi connectivity index (χ3v) is 7.08. The fourth-order valence-corrected chi connectivity index (χ4v) is 4.30. The SMILES string of the molecule is CCCCCCCCCCCC(=O)Nc1cccc(C(=O)OCC(=O)Nc2ccc(Br)c(C)c2C)c1. The summed E-state index contributed by atoms with van der Waals surface area (Å²) in [6.45, 7) is 5.69. The first-order chi connectivity index (χ1) is 17.3. The van der Waals surface area contributed by atoms with Crippen LogP contribution in [0.2, 0.25) is 0 Å². The summed E-state index contributed by atoms with van der Waals surface area (Å²) < 4.78 is 6.14. The number of halogens is 1. The molecule has 0 fully saturated rings. The van der Waals surface area contributed by atoms with E-state index in [1.54, 1.807) is 30.3 Å². The molecule has 196 valence electrons. The Morgan fingerprint density at radius 2 is 1.47 bits per heavy atom. The molecule has 2 aromatic carbocycles. The minimum absolute atomic E-state index is 0.0667. The largest absolute Gasteiger partial charge is 0.452 e. The Morgan fingerprint density at radius 1 is 0.806 bits per heavy atom. The van der Waals surface area contributed by atoms with Gasteiger partial charge in [0, 0.05) is 22.3 Å². The van der Waals surface area contributed by atoms with Crippen molar-refractivity contribution in [3.05, 3.63) is 57.6 Å². The lowest BCUT2D eigenvalue weighted by Gasteiger charge is -2.12. The normalized spacial score (nSPS) is 10.7. The summed E-state index contributed by atoms with van der Waals surface area (Å²) in [5.41, 5.74) is 3.46. The van der Waals surface area contributed by atoms with E-state index >= 15 is 0 Å². The third-order valence-electron chi connectivity index (χ3n) is 6.22. The molecule has 0 radical (unpaired) electrons. The van der Waals surface area contributed by atoms with E-state index in [0.29, 0.717) is 17.8 Å². The molecule has 7 heteroatoms. The number of benzene rings is 2. The minimum Gasteiger partial charge on any atom is -0.452 e. The van der Waals surface area contributed by atoms with Gasteiger partial charge in [-0.05, 0) is 61.7 Å². The van der Waals surface area contributed by atoms with Gasteiger partial charge in [0.25, 0.3) is 5.91 Å². The van der Waals surface area contributed by atoms with E-state index < -0.39 is 18.5 Å². The molecule has 2 rings (SSSR count). The second-order valence-electron chi connectivity index (χ2n) is 9.18. The molecule has 6 nitrogen and oxygen atoms in total. The van der Waals surface area contributed by atoms with E-state index in [4.69, 9.17) is 4.74 Å². The molecule has 0 atom stereocenters. The predicted octanol–water partition coefficient (Wildman–Crippen LogP) is 7.72. The Balaban J connectivity index is 1.72. The maximum absolute atomic E-state index is 12.4. The molecule has 0 aliphatic rings. The molecule has 2 N–H and O–H groups in total. The first kappa shape index (κ1) is 29.6. The molecule has 0 saturated carbocycles. The smallest absolute Gasteiger partial charge is 0.338 e. The number of unbranched alkanes of at least 4 members (excludes halogenated alkanes) is 8. The molecule has 2 aromatic rings. The number of hydrogen-bond donors (Lipinski definition) is 2. The number of carbonyl (C=O) groups is 3. The lowest BCUT2D eigenvalue weighted by Crippen LogP contribution is -2.21. The second kappa shape index (κ2) is 16.1. The van der Waals surface area contributed by atoms with Gasteiger partial charge in [-0.3, -0.25) is 9.59 Å². The maximum Gasteiger partial charge on any atom is 0.338 e. The highest BCUT2D eigenvalue weighted by Gasteiger charge is 2.13. The molecule has 0 aliphatic carbocycles. The van der Waals surface area contributed by atoms with E-state index in [0.717, 1.165) is 34.9 Å². The van der Waals surface area contributed by atoms with Gasteiger partial charge in [0.15, 0.2) is 6.61 Å². The average molecular weight is 560 g/mol. The molecule has 2 amide bonds. The Bertz CT molecular complexity index is 1020. The number of hydrogen-bond acceptors (Lipinski definition) is 4. The minimum atomic E-state index is -0.621. The van der Waals surface area contributed by atoms with E-state index in [2.05, 4.69) is 33.5 Å². The summed E-state index contributed by atoms with van der Waals surface area (Å²) in [5.74, 6) is -1.11. The van der Waals surface area contributed by atoms with Crippen molar-refractivity contribution in [2.45, 2.75) is 85.0 Å². The molecule has 0 saturated heterocycles. The van der Waals surface area contributed by atoms with Crippen molar-refractivity contribution in [1.82, 2.24) is 0 Å². The van der Waals surface area contributed by atoms with Crippen molar-refractivity contribution in [2.24, 2.45) is 0 Å². The van der Waals surface area contributed by atoms with Crippen molar-refractivity contribution in [3.8, 4) is 0 Å². The number of carbonyl (C=O) groups excluding carboxylic acids is 3. The fourth-order valence-electron chi connectivity index (χ4n) is 3.87. The van der Waals surface area contributed by atoms with Crippen LogP contribution < -0.4 is 10.6 Å². The summed E-state index contributed by atoms with van der Waals surface area (Å²) in [4.78, 5) is 37.0. The summed E-state index contributed by atoms with van der Waals surface area (Å²) in [6.07, 6.45) is 11.3. The Labute approximate surface area is 223 Å². The molecule has 0 unspecified atom stereocenters. The zero-order chi connectivity index (χ0) is 26.3. The highest BCUT2D eigenvalue weighted by atomic mass is 79.9. The van der Waals surface area contributed by atoms with Gasteiger partial charge in [-0.2, -0.15) is 0 Å². The van der Waals surface area contributed by atoms with Crippen LogP contribution in [0.25, 0.3) is 0 Å². The lowest BCUT2D eigenvalue weighted by atomic mass is 10.1. The predicted molar refractivity (Wildman–Crippen MR) is 149 cm³/mol. The van der Waals surface area contributed by atoms with Crippen LogP contribution in [0.3, 0.4) is 0 Å². The number of anilines is 2. The Morgan fingerprint density at radius 3 is 2.17 bits per heavy atom. The van der Waals surface area contributed by atoms with Gasteiger partial charge in [-0.15, -0.1) is 0 Å². The summed E-state index contributed by atoms with van der Waals surface area (Å²) in [6, 6.07) is 10.2. The quantitative estimate of drug-likeness (QED) is 0.173. The topological polar surface area (TPSA) is 84.5 Å². The van der Waals surface area contributed by atoms with Gasteiger partial charge in [0.1, 0.15) is 0 Å². The van der Waals surface area contributed by atoms with Crippen LogP contribution in [0.5, 0.6) is 0 Å². The lowest BCUT2D eigenvalue weighted by molar-refractivity contribution is -0.119. The highest BCUT2D eigenvalue weighted by Crippen LogP contribution is 2.25. The fraction of sp³-hybridized carbons (Fsp3) is 0.483. The standard InChI is InChI=1S/C29H39BrN2O4/c1-4-5-6-7-8-9-10-11-12-16-27(33)31-24-15-13-14-23(19-24)29(35)36-20-28(34)32-26-18-17-25(30)21(2)22(26)3/h13-15,17-19H,4-12,16,20H2,1-3H3,(H,31,33)(H,32,34). The van der Waals surface area contributed by atoms with Crippen molar-refractivity contribution >= 4 is 45.1 Å². The van der Waals surface area contributed by atoms with Gasteiger partial charge in [0.05, 0.1) is 5.56 Å². The number of esters is 1. The van der Waals surface area contributed by atoms with E-state index in [9.17, 15) is 14.4 Å². The zero-order valence-electron chi connectivity index (χ0n) is 21.8. The van der Waals surface area contributed by atoms with Gasteiger partial charge in [-0.1, -0.05) is 80.3 Å². The van der Waals surface area contributed by atoms with Crippen LogP contribution in [0.15, 0.2) is 40.9 Å². The first-order valence-corrected chi connectivity index (χ1v) is 13.7. The molecule has 0 aliphatic heterocycles. The molecule has 0 aromatic heterocycles. The van der Waals surface area contributed by atoms with Gasteiger partial charge in [0.2, 0.25) is 5.91 Å². The Kier molecular flexibility index (Phi) is 13.3. The molecular weight excluding hydrogens is 520 g/mol. The van der Waals surface area contributed by atoms with Crippen LogP contribution in [0, 0.1) is 13.8 Å². The van der Waals surface area contributed by atoms with Gasteiger partial charge >= 0.3 is 5.97 Å². The van der Waals surface area contributed by atoms with Crippen LogP contribution in [-0.4, -0.2) is 24.4 Å². The van der Waals surface area contributed by atoms with E-state index in [1.165, 1.54) is 38.5 Å². The monoisotopic (exact) mass is 558 g/mol. The van der Waals surface area contributed by atoms with Crippen molar-refractivity contribution in [3.63, 3.8) is 0 Å². The zero-order valence-corrected chi connectivity index (χ0v) is 23.3. The third kappa shape index (κ3) is 10.5. The molecule has 0 heterocycles. The van der Waals surface area contributed by atoms with Crippen LogP contribution in [0.1, 0.15) is 92.6 Å². The van der Waals surface area contributed by atoms with Gasteiger partial charge < -0.3 is 15.4 Å². The van der Waals surface area contributed by atoms with Crippen LogP contribution in [0.4, 0.5) is 11.4 Å². The van der Waals surface area contributed by atoms with Crippen LogP contribution in [-0.2, 0) is 14.3 Å². The highest BCUT2D eigenvalue weighted by molar-refractivity contribution is 9.10. The summed E-state index contributed by atoms with van der Waals surface area (Å²) in [7, 11) is 0. The van der Waals surface area contributed by atoms with Crippen LogP contribution >= 0.6 is 15.9 Å². The van der Waals surface area contributed by atoms with Crippen molar-refractivity contribution in [2.75, 3.05) is 17.2 Å². The molecular formula is C29H39BrN2O4. The number of amides is 2. The average Bonchev–Trinajstić information content (AvgIpc) is 2.86. The maximum atomic E-state index is 12.4. The summed E-state index contributed by atoms with van der Waals surface area (Å²) >= 11 is 3.46. The number of rotatable bonds is 15. The van der Waals surface area contributed by atoms with E-state index in [1.807, 2.05) is 19.9 Å². The second-order valence-corrected chi connectivity index (χ2v) is 10.0. The molecule has 0 spiro atoms. The van der Waals surface area contributed by atoms with Gasteiger partial charge in [-0.25, -0.2) is 4.79 Å².